The molecule has 126 valence electrons. The largest absolute Gasteiger partial charge is 0.350 e. The van der Waals surface area contributed by atoms with E-state index in [0.717, 1.165) is 25.7 Å². The van der Waals surface area contributed by atoms with Crippen LogP contribution in [0.15, 0.2) is 0 Å². The number of carbonyl (C=O) groups is 2. The van der Waals surface area contributed by atoms with E-state index in [2.05, 4.69) is 10.6 Å². The van der Waals surface area contributed by atoms with Gasteiger partial charge in [-0.15, -0.1) is 0 Å². The molecule has 2 N–H and O–H groups in total. The molecular weight excluding hydrogens is 304 g/mol. The molecule has 2 amide bonds. The Bertz CT molecular complexity index is 554. The van der Waals surface area contributed by atoms with Gasteiger partial charge in [-0.05, 0) is 38.5 Å². The van der Waals surface area contributed by atoms with Gasteiger partial charge in [0.1, 0.15) is 6.04 Å². The predicted molar refractivity (Wildman–Crippen MR) is 77.3 cm³/mol. The van der Waals surface area contributed by atoms with Crippen LogP contribution in [0, 0.1) is 23.2 Å². The maximum absolute atomic E-state index is 12.8. The normalized spacial score (nSPS) is 30.9. The highest BCUT2D eigenvalue weighted by molar-refractivity contribution is 5.81. The molecule has 0 aromatic carbocycles. The lowest BCUT2D eigenvalue weighted by Gasteiger charge is -2.30. The standard InChI is InChI=1S/C16H21F2N3O2/c17-16(18)8-11(16)1-2-13(22)20-12(9-19)7-10-3-4-15(5-6-15)21-14(10)23/h10-12H,1-8H2,(H,20,22)(H,21,23). The predicted octanol–water partition coefficient (Wildman–Crippen LogP) is 1.88. The molecule has 1 aliphatic heterocycles. The second-order valence-corrected chi connectivity index (χ2v) is 7.19. The van der Waals surface area contributed by atoms with Crippen molar-refractivity contribution in [2.45, 2.75) is 68.9 Å². The molecule has 3 unspecified atom stereocenters. The summed E-state index contributed by atoms with van der Waals surface area (Å²) in [5.74, 6) is -4.02. The first kappa shape index (κ1) is 16.2. The average molecular weight is 325 g/mol. The number of nitrogens with zero attached hydrogens (tertiary/aromatic N) is 1. The van der Waals surface area contributed by atoms with Crippen LogP contribution in [-0.2, 0) is 9.59 Å². The second kappa shape index (κ2) is 5.73. The van der Waals surface area contributed by atoms with Crippen molar-refractivity contribution < 1.29 is 18.4 Å². The van der Waals surface area contributed by atoms with Crippen molar-refractivity contribution in [2.24, 2.45) is 11.8 Å². The first-order chi connectivity index (χ1) is 10.8. The zero-order valence-corrected chi connectivity index (χ0v) is 12.9. The lowest BCUT2D eigenvalue weighted by atomic mass is 9.87. The molecule has 3 atom stereocenters. The fourth-order valence-corrected chi connectivity index (χ4v) is 3.34. The van der Waals surface area contributed by atoms with Gasteiger partial charge in [0.15, 0.2) is 0 Å². The van der Waals surface area contributed by atoms with E-state index in [0.29, 0.717) is 0 Å². The zero-order valence-electron chi connectivity index (χ0n) is 12.9. The number of rotatable bonds is 6. The number of alkyl halides is 2. The van der Waals surface area contributed by atoms with Gasteiger partial charge in [0.25, 0.3) is 5.92 Å². The summed E-state index contributed by atoms with van der Waals surface area (Å²) in [7, 11) is 0. The van der Waals surface area contributed by atoms with E-state index >= 15 is 0 Å². The first-order valence-electron chi connectivity index (χ1n) is 8.22. The third-order valence-corrected chi connectivity index (χ3v) is 5.27. The van der Waals surface area contributed by atoms with Crippen molar-refractivity contribution in [3.63, 3.8) is 0 Å². The van der Waals surface area contributed by atoms with E-state index in [1.165, 1.54) is 0 Å². The molecule has 7 heteroatoms. The molecule has 3 aliphatic rings. The molecule has 3 fully saturated rings. The van der Waals surface area contributed by atoms with E-state index in [1.54, 1.807) is 0 Å². The molecule has 0 radical (unpaired) electrons. The fourth-order valence-electron chi connectivity index (χ4n) is 3.34. The Morgan fingerprint density at radius 1 is 1.43 bits per heavy atom. The van der Waals surface area contributed by atoms with Gasteiger partial charge in [-0.1, -0.05) is 0 Å². The topological polar surface area (TPSA) is 82.0 Å². The number of halogens is 2. The van der Waals surface area contributed by atoms with Crippen LogP contribution >= 0.6 is 0 Å². The molecule has 0 bridgehead atoms. The Labute approximate surface area is 133 Å². The van der Waals surface area contributed by atoms with E-state index in [-0.39, 0.29) is 43.0 Å². The molecule has 1 heterocycles. The number of nitriles is 1. The van der Waals surface area contributed by atoms with Crippen LogP contribution in [0.5, 0.6) is 0 Å². The van der Waals surface area contributed by atoms with E-state index in [4.69, 9.17) is 5.26 Å². The van der Waals surface area contributed by atoms with Crippen LogP contribution in [0.25, 0.3) is 0 Å². The fraction of sp³-hybridized carbons (Fsp3) is 0.812. The molecular formula is C16H21F2N3O2. The molecule has 23 heavy (non-hydrogen) atoms. The van der Waals surface area contributed by atoms with E-state index in [1.807, 2.05) is 6.07 Å². The van der Waals surface area contributed by atoms with Crippen molar-refractivity contribution in [1.29, 1.82) is 5.26 Å². The van der Waals surface area contributed by atoms with Crippen molar-refractivity contribution in [3.05, 3.63) is 0 Å². The van der Waals surface area contributed by atoms with Crippen molar-refractivity contribution in [2.75, 3.05) is 0 Å². The molecule has 3 rings (SSSR count). The summed E-state index contributed by atoms with van der Waals surface area (Å²) in [5, 5.41) is 14.7. The lowest BCUT2D eigenvalue weighted by molar-refractivity contribution is -0.129. The van der Waals surface area contributed by atoms with Gasteiger partial charge in [-0.3, -0.25) is 9.59 Å². The summed E-state index contributed by atoms with van der Waals surface area (Å²) in [6, 6.07) is 1.25. The molecule has 0 aromatic heterocycles. The summed E-state index contributed by atoms with van der Waals surface area (Å²) < 4.78 is 25.5. The molecule has 5 nitrogen and oxygen atoms in total. The average Bonchev–Trinajstić information content (AvgIpc) is 3.37. The van der Waals surface area contributed by atoms with Gasteiger partial charge < -0.3 is 10.6 Å². The summed E-state index contributed by atoms with van der Waals surface area (Å²) in [4.78, 5) is 23.8. The van der Waals surface area contributed by atoms with Gasteiger partial charge in [0.2, 0.25) is 11.8 Å². The van der Waals surface area contributed by atoms with E-state index in [9.17, 15) is 18.4 Å². The third kappa shape index (κ3) is 3.80. The summed E-state index contributed by atoms with van der Waals surface area (Å²) in [6.45, 7) is 0. The Morgan fingerprint density at radius 2 is 2.13 bits per heavy atom. The minimum atomic E-state index is -2.62. The van der Waals surface area contributed by atoms with Crippen LogP contribution < -0.4 is 10.6 Å². The van der Waals surface area contributed by atoms with Crippen LogP contribution in [0.3, 0.4) is 0 Å². The maximum atomic E-state index is 12.8. The minimum Gasteiger partial charge on any atom is -0.350 e. The Balaban J connectivity index is 1.41. The molecule has 1 spiro atoms. The summed E-state index contributed by atoms with van der Waals surface area (Å²) in [5.41, 5.74) is 0.00840. The molecule has 0 aromatic rings. The lowest BCUT2D eigenvalue weighted by Crippen LogP contribution is -2.47. The summed E-state index contributed by atoms with van der Waals surface area (Å²) in [6.07, 6.45) is 3.98. The quantitative estimate of drug-likeness (QED) is 0.782. The zero-order chi connectivity index (χ0) is 16.7. The van der Waals surface area contributed by atoms with E-state index < -0.39 is 23.8 Å². The number of piperidine rings is 1. The van der Waals surface area contributed by atoms with Gasteiger partial charge in [-0.25, -0.2) is 8.78 Å². The SMILES string of the molecule is N#CC(CC1CCC2(CC2)NC1=O)NC(=O)CCC1CC1(F)F. The van der Waals surface area contributed by atoms with Crippen molar-refractivity contribution in [3.8, 4) is 6.07 Å². The number of hydrogen-bond donors (Lipinski definition) is 2. The highest BCUT2D eigenvalue weighted by Crippen LogP contribution is 2.51. The minimum absolute atomic E-state index is 0.00158. The molecule has 2 aliphatic carbocycles. The smallest absolute Gasteiger partial charge is 0.251 e. The Hall–Kier alpha value is -1.71. The second-order valence-electron chi connectivity index (χ2n) is 7.19. The summed E-state index contributed by atoms with van der Waals surface area (Å²) >= 11 is 0. The number of carbonyl (C=O) groups excluding carboxylic acids is 2. The highest BCUT2D eigenvalue weighted by atomic mass is 19.3. The molecule has 1 saturated heterocycles. The van der Waals surface area contributed by atoms with Gasteiger partial charge in [-0.2, -0.15) is 5.26 Å². The van der Waals surface area contributed by atoms with Crippen LogP contribution in [-0.4, -0.2) is 29.3 Å². The van der Waals surface area contributed by atoms with Crippen molar-refractivity contribution in [1.82, 2.24) is 10.6 Å². The third-order valence-electron chi connectivity index (χ3n) is 5.27. The van der Waals surface area contributed by atoms with Gasteiger partial charge in [0, 0.05) is 30.2 Å². The first-order valence-corrected chi connectivity index (χ1v) is 8.22. The Morgan fingerprint density at radius 3 is 2.65 bits per heavy atom. The van der Waals surface area contributed by atoms with Crippen molar-refractivity contribution >= 4 is 11.8 Å². The monoisotopic (exact) mass is 325 g/mol. The highest BCUT2D eigenvalue weighted by Gasteiger charge is 2.56. The Kier molecular flexibility index (Phi) is 4.03. The maximum Gasteiger partial charge on any atom is 0.251 e. The van der Waals surface area contributed by atoms with Gasteiger partial charge >= 0.3 is 0 Å². The number of amides is 2. The molecule has 2 saturated carbocycles. The number of nitrogens with one attached hydrogen (secondary N) is 2. The van der Waals surface area contributed by atoms with Crippen LogP contribution in [0.4, 0.5) is 8.78 Å². The van der Waals surface area contributed by atoms with Crippen LogP contribution in [0.2, 0.25) is 0 Å². The van der Waals surface area contributed by atoms with Gasteiger partial charge in [0.05, 0.1) is 6.07 Å². The number of hydrogen-bond acceptors (Lipinski definition) is 3. The van der Waals surface area contributed by atoms with Crippen LogP contribution in [0.1, 0.15) is 51.4 Å².